The SMILES string of the molecule is CCCC(=O)N(CC(C)C(=O)O)c1ccc(OC)c(OC)c1. The van der Waals surface area contributed by atoms with E-state index >= 15 is 0 Å². The number of ether oxygens (including phenoxy) is 2. The number of hydrogen-bond donors (Lipinski definition) is 1. The van der Waals surface area contributed by atoms with E-state index in [-0.39, 0.29) is 12.5 Å². The maximum absolute atomic E-state index is 12.3. The number of carboxylic acid groups (broad SMARTS) is 1. The predicted octanol–water partition coefficient (Wildman–Crippen LogP) is 2.56. The lowest BCUT2D eigenvalue weighted by Crippen LogP contribution is -2.36. The molecule has 0 spiro atoms. The second-order valence-corrected chi connectivity index (χ2v) is 5.03. The monoisotopic (exact) mass is 309 g/mol. The zero-order chi connectivity index (χ0) is 16.7. The summed E-state index contributed by atoms with van der Waals surface area (Å²) in [4.78, 5) is 24.9. The molecule has 0 saturated heterocycles. The van der Waals surface area contributed by atoms with E-state index in [1.807, 2.05) is 6.92 Å². The molecule has 1 N–H and O–H groups in total. The molecule has 1 unspecified atom stereocenters. The molecule has 6 nitrogen and oxygen atoms in total. The molecular formula is C16H23NO5. The lowest BCUT2D eigenvalue weighted by Gasteiger charge is -2.25. The van der Waals surface area contributed by atoms with Crippen molar-refractivity contribution in [3.8, 4) is 11.5 Å². The van der Waals surface area contributed by atoms with Gasteiger partial charge < -0.3 is 19.5 Å². The van der Waals surface area contributed by atoms with E-state index in [4.69, 9.17) is 14.6 Å². The Balaban J connectivity index is 3.14. The Morgan fingerprint density at radius 1 is 1.23 bits per heavy atom. The number of carbonyl (C=O) groups is 2. The first-order chi connectivity index (χ1) is 10.4. The number of benzene rings is 1. The Morgan fingerprint density at radius 2 is 1.86 bits per heavy atom. The lowest BCUT2D eigenvalue weighted by molar-refractivity contribution is -0.140. The number of carboxylic acids is 1. The second-order valence-electron chi connectivity index (χ2n) is 5.03. The second kappa shape index (κ2) is 8.26. The zero-order valence-corrected chi connectivity index (χ0v) is 13.5. The molecule has 0 fully saturated rings. The molecule has 1 aromatic carbocycles. The molecule has 0 aromatic heterocycles. The van der Waals surface area contributed by atoms with Gasteiger partial charge in [0.15, 0.2) is 11.5 Å². The van der Waals surface area contributed by atoms with Crippen molar-refractivity contribution in [3.63, 3.8) is 0 Å². The van der Waals surface area contributed by atoms with Gasteiger partial charge in [0.05, 0.1) is 20.1 Å². The Hall–Kier alpha value is -2.24. The Bertz CT molecular complexity index is 529. The predicted molar refractivity (Wildman–Crippen MR) is 83.6 cm³/mol. The van der Waals surface area contributed by atoms with Crippen LogP contribution < -0.4 is 14.4 Å². The van der Waals surface area contributed by atoms with Crippen LogP contribution in [-0.4, -0.2) is 37.7 Å². The number of hydrogen-bond acceptors (Lipinski definition) is 4. The van der Waals surface area contributed by atoms with Crippen molar-refractivity contribution in [3.05, 3.63) is 18.2 Å². The number of methoxy groups -OCH3 is 2. The van der Waals surface area contributed by atoms with E-state index in [1.54, 1.807) is 25.1 Å². The van der Waals surface area contributed by atoms with Crippen LogP contribution in [0.3, 0.4) is 0 Å². The molecule has 0 radical (unpaired) electrons. The number of carbonyl (C=O) groups excluding carboxylic acids is 1. The zero-order valence-electron chi connectivity index (χ0n) is 13.5. The molecule has 1 rings (SSSR count). The molecule has 1 atom stereocenters. The van der Waals surface area contributed by atoms with E-state index < -0.39 is 11.9 Å². The van der Waals surface area contributed by atoms with Gasteiger partial charge in [-0.3, -0.25) is 9.59 Å². The van der Waals surface area contributed by atoms with Crippen molar-refractivity contribution < 1.29 is 24.2 Å². The van der Waals surface area contributed by atoms with Crippen molar-refractivity contribution in [1.82, 2.24) is 0 Å². The van der Waals surface area contributed by atoms with Crippen molar-refractivity contribution >= 4 is 17.6 Å². The molecule has 0 aliphatic heterocycles. The van der Waals surface area contributed by atoms with Gasteiger partial charge in [-0.2, -0.15) is 0 Å². The summed E-state index contributed by atoms with van der Waals surface area (Å²) in [6, 6.07) is 5.11. The molecule has 1 amide bonds. The quantitative estimate of drug-likeness (QED) is 0.798. The van der Waals surface area contributed by atoms with Crippen LogP contribution in [0.25, 0.3) is 0 Å². The molecule has 0 saturated carbocycles. The summed E-state index contributed by atoms with van der Waals surface area (Å²) < 4.78 is 10.4. The maximum Gasteiger partial charge on any atom is 0.308 e. The van der Waals surface area contributed by atoms with Gasteiger partial charge in [0.25, 0.3) is 0 Å². The Kier molecular flexibility index (Phi) is 6.69. The highest BCUT2D eigenvalue weighted by molar-refractivity contribution is 5.94. The topological polar surface area (TPSA) is 76.1 Å². The van der Waals surface area contributed by atoms with Crippen LogP contribution in [0.4, 0.5) is 5.69 Å². The third-order valence-electron chi connectivity index (χ3n) is 3.32. The van der Waals surface area contributed by atoms with Crippen LogP contribution in [-0.2, 0) is 9.59 Å². The molecule has 6 heteroatoms. The lowest BCUT2D eigenvalue weighted by atomic mass is 10.1. The van der Waals surface area contributed by atoms with E-state index in [0.29, 0.717) is 30.0 Å². The number of nitrogens with zero attached hydrogens (tertiary/aromatic N) is 1. The van der Waals surface area contributed by atoms with E-state index in [0.717, 1.165) is 0 Å². The molecule has 0 aliphatic carbocycles. The normalized spacial score (nSPS) is 11.6. The minimum atomic E-state index is -0.935. The van der Waals surface area contributed by atoms with Crippen molar-refractivity contribution in [2.24, 2.45) is 5.92 Å². The molecule has 122 valence electrons. The van der Waals surface area contributed by atoms with Crippen LogP contribution >= 0.6 is 0 Å². The third kappa shape index (κ3) is 4.38. The smallest absolute Gasteiger partial charge is 0.308 e. The summed E-state index contributed by atoms with van der Waals surface area (Å²) in [5.74, 6) is -0.649. The first-order valence-corrected chi connectivity index (χ1v) is 7.19. The van der Waals surface area contributed by atoms with Crippen LogP contribution in [0.1, 0.15) is 26.7 Å². The Labute approximate surface area is 130 Å². The summed E-state index contributed by atoms with van der Waals surface area (Å²) in [7, 11) is 3.05. The fourth-order valence-corrected chi connectivity index (χ4v) is 2.04. The third-order valence-corrected chi connectivity index (χ3v) is 3.32. The van der Waals surface area contributed by atoms with Crippen LogP contribution in [0.15, 0.2) is 18.2 Å². The Morgan fingerprint density at radius 3 is 2.36 bits per heavy atom. The summed E-state index contributed by atoms with van der Waals surface area (Å²) in [5.41, 5.74) is 0.601. The number of amides is 1. The number of rotatable bonds is 8. The average Bonchev–Trinajstić information content (AvgIpc) is 2.51. The number of aliphatic carboxylic acids is 1. The standard InChI is InChI=1S/C16H23NO5/c1-5-6-15(18)17(10-11(2)16(19)20)12-7-8-13(21-3)14(9-12)22-4/h7-9,11H,5-6,10H2,1-4H3,(H,19,20). The first-order valence-electron chi connectivity index (χ1n) is 7.19. The van der Waals surface area contributed by atoms with Gasteiger partial charge in [0.2, 0.25) is 5.91 Å². The molecule has 1 aromatic rings. The van der Waals surface area contributed by atoms with Gasteiger partial charge in [0, 0.05) is 24.7 Å². The summed E-state index contributed by atoms with van der Waals surface area (Å²) in [5, 5.41) is 9.09. The fourth-order valence-electron chi connectivity index (χ4n) is 2.04. The van der Waals surface area contributed by atoms with Crippen LogP contribution in [0.5, 0.6) is 11.5 Å². The summed E-state index contributed by atoms with van der Waals surface area (Å²) in [6.07, 6.45) is 1.06. The van der Waals surface area contributed by atoms with Gasteiger partial charge >= 0.3 is 5.97 Å². The molecular weight excluding hydrogens is 286 g/mol. The molecule has 0 aliphatic rings. The highest BCUT2D eigenvalue weighted by Crippen LogP contribution is 2.32. The maximum atomic E-state index is 12.3. The van der Waals surface area contributed by atoms with Crippen LogP contribution in [0.2, 0.25) is 0 Å². The largest absolute Gasteiger partial charge is 0.493 e. The highest BCUT2D eigenvalue weighted by atomic mass is 16.5. The van der Waals surface area contributed by atoms with E-state index in [2.05, 4.69) is 0 Å². The van der Waals surface area contributed by atoms with E-state index in [1.165, 1.54) is 19.1 Å². The minimum absolute atomic E-state index is 0.109. The van der Waals surface area contributed by atoms with Gasteiger partial charge in [-0.1, -0.05) is 13.8 Å². The fraction of sp³-hybridized carbons (Fsp3) is 0.500. The van der Waals surface area contributed by atoms with Crippen LogP contribution in [0, 0.1) is 5.92 Å². The first kappa shape index (κ1) is 17.8. The summed E-state index contributed by atoms with van der Waals surface area (Å²) >= 11 is 0. The number of anilines is 1. The summed E-state index contributed by atoms with van der Waals surface area (Å²) in [6.45, 7) is 3.60. The van der Waals surface area contributed by atoms with E-state index in [9.17, 15) is 9.59 Å². The van der Waals surface area contributed by atoms with Gasteiger partial charge in [-0.25, -0.2) is 0 Å². The van der Waals surface area contributed by atoms with Gasteiger partial charge in [0.1, 0.15) is 0 Å². The van der Waals surface area contributed by atoms with Gasteiger partial charge in [-0.15, -0.1) is 0 Å². The molecule has 22 heavy (non-hydrogen) atoms. The minimum Gasteiger partial charge on any atom is -0.493 e. The van der Waals surface area contributed by atoms with Crippen molar-refractivity contribution in [2.75, 3.05) is 25.7 Å². The highest BCUT2D eigenvalue weighted by Gasteiger charge is 2.22. The van der Waals surface area contributed by atoms with Crippen molar-refractivity contribution in [1.29, 1.82) is 0 Å². The molecule has 0 heterocycles. The average molecular weight is 309 g/mol. The molecule has 0 bridgehead atoms. The van der Waals surface area contributed by atoms with Crippen molar-refractivity contribution in [2.45, 2.75) is 26.7 Å². The van der Waals surface area contributed by atoms with Gasteiger partial charge in [-0.05, 0) is 18.6 Å².